The van der Waals surface area contributed by atoms with E-state index in [-0.39, 0.29) is 34.1 Å². The van der Waals surface area contributed by atoms with Crippen LogP contribution < -0.4 is 21.3 Å². The van der Waals surface area contributed by atoms with Gasteiger partial charge < -0.3 is 10.1 Å². The molecule has 2 aromatic heterocycles. The van der Waals surface area contributed by atoms with Gasteiger partial charge in [0.25, 0.3) is 5.56 Å². The number of allylic oxidation sites excluding steroid dienone is 4. The van der Waals surface area contributed by atoms with Crippen LogP contribution in [-0.2, 0) is 30.2 Å². The Morgan fingerprint density at radius 3 is 1.93 bits per heavy atom. The van der Waals surface area contributed by atoms with Gasteiger partial charge in [-0.15, -0.1) is 0 Å². The largest absolute Gasteiger partial charge is 0.425 e. The number of nitrogens with one attached hydrogen (secondary N) is 1. The Balaban J connectivity index is 1.41. The zero-order chi connectivity index (χ0) is 30.3. The molecule has 10 nitrogen and oxygen atoms in total. The first-order chi connectivity index (χ1) is 19.7. The molecule has 3 heterocycles. The first-order valence-electron chi connectivity index (χ1n) is 14.4. The summed E-state index contributed by atoms with van der Waals surface area (Å²) >= 11 is 0. The second-order valence-corrected chi connectivity index (χ2v) is 13.4. The van der Waals surface area contributed by atoms with Crippen LogP contribution in [0.5, 0.6) is 11.8 Å². The van der Waals surface area contributed by atoms with Crippen molar-refractivity contribution < 1.29 is 14.3 Å². The van der Waals surface area contributed by atoms with Gasteiger partial charge in [-0.05, 0) is 48.3 Å². The molecule has 1 aliphatic heterocycles. The SMILES string of the molecule is CCn1c(Oc2ccc(C3C4=C(CC(C)(C)CC4=O)NC4=C3C(=O)CC(C)(C)C4)cc2)nc2c1c(=O)n(C)c(=O)n2C. The molecule has 0 fully saturated rings. The van der Waals surface area contributed by atoms with Crippen molar-refractivity contribution in [1.29, 1.82) is 0 Å². The Bertz CT molecular complexity index is 1810. The predicted molar refractivity (Wildman–Crippen MR) is 158 cm³/mol. The highest BCUT2D eigenvalue weighted by Gasteiger charge is 2.46. The molecule has 10 heteroatoms. The molecule has 42 heavy (non-hydrogen) atoms. The third kappa shape index (κ3) is 4.35. The van der Waals surface area contributed by atoms with E-state index in [4.69, 9.17) is 4.74 Å². The first-order valence-corrected chi connectivity index (χ1v) is 14.4. The van der Waals surface area contributed by atoms with Crippen molar-refractivity contribution in [1.82, 2.24) is 24.0 Å². The van der Waals surface area contributed by atoms with Gasteiger partial charge in [-0.2, -0.15) is 4.98 Å². The summed E-state index contributed by atoms with van der Waals surface area (Å²) in [6.07, 6.45) is 2.35. The zero-order valence-corrected chi connectivity index (χ0v) is 25.3. The van der Waals surface area contributed by atoms with Crippen LogP contribution in [0, 0.1) is 10.8 Å². The van der Waals surface area contributed by atoms with E-state index in [1.807, 2.05) is 19.1 Å². The molecule has 0 saturated heterocycles. The maximum atomic E-state index is 13.6. The highest BCUT2D eigenvalue weighted by Crippen LogP contribution is 2.51. The van der Waals surface area contributed by atoms with Gasteiger partial charge in [-0.25, -0.2) is 4.79 Å². The van der Waals surface area contributed by atoms with Crippen molar-refractivity contribution in [2.24, 2.45) is 24.9 Å². The molecule has 1 aromatic carbocycles. The fraction of sp³-hybridized carbons (Fsp3) is 0.469. The van der Waals surface area contributed by atoms with Crippen molar-refractivity contribution in [3.63, 3.8) is 0 Å². The summed E-state index contributed by atoms with van der Waals surface area (Å²) in [4.78, 5) is 57.0. The van der Waals surface area contributed by atoms with E-state index < -0.39 is 17.2 Å². The number of dihydropyridines is 1. The van der Waals surface area contributed by atoms with E-state index in [1.165, 1.54) is 11.6 Å². The molecule has 0 amide bonds. The van der Waals surface area contributed by atoms with E-state index in [0.29, 0.717) is 41.8 Å². The predicted octanol–water partition coefficient (Wildman–Crippen LogP) is 4.22. The lowest BCUT2D eigenvalue weighted by Crippen LogP contribution is -2.42. The van der Waals surface area contributed by atoms with Crippen LogP contribution in [0.4, 0.5) is 0 Å². The van der Waals surface area contributed by atoms with Crippen LogP contribution in [0.25, 0.3) is 11.2 Å². The van der Waals surface area contributed by atoms with Crippen LogP contribution in [0.3, 0.4) is 0 Å². The lowest BCUT2D eigenvalue weighted by Gasteiger charge is -2.44. The highest BCUT2D eigenvalue weighted by atomic mass is 16.5. The maximum Gasteiger partial charge on any atom is 0.332 e. The number of ketones is 2. The van der Waals surface area contributed by atoms with Crippen molar-refractivity contribution >= 4 is 22.7 Å². The lowest BCUT2D eigenvalue weighted by atomic mass is 9.64. The lowest BCUT2D eigenvalue weighted by molar-refractivity contribution is -0.119. The Morgan fingerprint density at radius 2 is 1.40 bits per heavy atom. The number of aromatic nitrogens is 4. The molecule has 0 unspecified atom stereocenters. The zero-order valence-electron chi connectivity index (χ0n) is 25.3. The number of imidazole rings is 1. The summed E-state index contributed by atoms with van der Waals surface area (Å²) in [5.74, 6) is 0.199. The molecule has 6 rings (SSSR count). The number of nitrogens with zero attached hydrogens (tertiary/aromatic N) is 4. The molecular weight excluding hydrogens is 534 g/mol. The average Bonchev–Trinajstić information content (AvgIpc) is 3.26. The Morgan fingerprint density at radius 1 is 0.857 bits per heavy atom. The maximum absolute atomic E-state index is 13.6. The van der Waals surface area contributed by atoms with Crippen molar-refractivity contribution in [3.8, 4) is 11.8 Å². The topological polar surface area (TPSA) is 117 Å². The standard InChI is InChI=1S/C32H37N5O5/c1-8-37-26-27(35(6)30(41)36(7)28(26)40)34-29(37)42-18-11-9-17(10-12-18)23-24-19(13-31(2,3)15-21(24)38)33-20-14-32(4,5)16-22(39)25(20)23/h9-12,23,33H,8,13-16H2,1-7H3. The quantitative estimate of drug-likeness (QED) is 0.498. The molecule has 2 aliphatic carbocycles. The number of fused-ring (bicyclic) bond motifs is 1. The molecule has 0 atom stereocenters. The number of Topliss-reactive ketones (excluding diaryl/α,β-unsaturated/α-hetero) is 2. The van der Waals surface area contributed by atoms with Crippen molar-refractivity contribution in [2.45, 2.75) is 72.8 Å². The summed E-state index contributed by atoms with van der Waals surface area (Å²) in [5.41, 5.74) is 3.41. The number of hydrogen-bond acceptors (Lipinski definition) is 7. The third-order valence-corrected chi connectivity index (χ3v) is 8.77. The highest BCUT2D eigenvalue weighted by molar-refractivity contribution is 6.06. The summed E-state index contributed by atoms with van der Waals surface area (Å²) < 4.78 is 10.2. The molecule has 220 valence electrons. The van der Waals surface area contributed by atoms with Gasteiger partial charge in [0.1, 0.15) is 5.75 Å². The Hall–Kier alpha value is -4.21. The number of carbonyl (C=O) groups excluding carboxylic acids is 2. The van der Waals surface area contributed by atoms with Crippen LogP contribution in [0.2, 0.25) is 0 Å². The number of benzene rings is 1. The van der Waals surface area contributed by atoms with Crippen LogP contribution >= 0.6 is 0 Å². The van der Waals surface area contributed by atoms with E-state index in [2.05, 4.69) is 38.0 Å². The number of rotatable bonds is 4. The van der Waals surface area contributed by atoms with E-state index in [0.717, 1.165) is 34.4 Å². The van der Waals surface area contributed by atoms with Gasteiger partial charge >= 0.3 is 11.7 Å². The monoisotopic (exact) mass is 571 g/mol. The Kier molecular flexibility index (Phi) is 6.25. The normalized spacial score (nSPS) is 20.1. The molecule has 0 radical (unpaired) electrons. The molecule has 3 aromatic rings. The average molecular weight is 572 g/mol. The van der Waals surface area contributed by atoms with E-state index in [1.54, 1.807) is 23.7 Å². The number of carbonyl (C=O) groups is 2. The fourth-order valence-corrected chi connectivity index (χ4v) is 6.85. The minimum absolute atomic E-state index is 0.0760. The van der Waals surface area contributed by atoms with Crippen LogP contribution in [-0.4, -0.2) is 30.3 Å². The minimum Gasteiger partial charge on any atom is -0.425 e. The summed E-state index contributed by atoms with van der Waals surface area (Å²) in [7, 11) is 3.01. The fourth-order valence-electron chi connectivity index (χ4n) is 6.85. The molecule has 0 bridgehead atoms. The molecule has 0 saturated carbocycles. The van der Waals surface area contributed by atoms with Gasteiger partial charge in [-0.1, -0.05) is 39.8 Å². The smallest absolute Gasteiger partial charge is 0.332 e. The summed E-state index contributed by atoms with van der Waals surface area (Å²) in [5, 5.41) is 3.55. The van der Waals surface area contributed by atoms with Gasteiger partial charge in [0.15, 0.2) is 22.7 Å². The van der Waals surface area contributed by atoms with Crippen molar-refractivity contribution in [3.05, 3.63) is 73.2 Å². The second-order valence-electron chi connectivity index (χ2n) is 13.4. The number of hydrogen-bond donors (Lipinski definition) is 1. The molecule has 3 aliphatic rings. The van der Waals surface area contributed by atoms with E-state index in [9.17, 15) is 19.2 Å². The first kappa shape index (κ1) is 27.9. The molecular formula is C32H37N5O5. The van der Waals surface area contributed by atoms with Gasteiger partial charge in [-0.3, -0.25) is 28.1 Å². The molecule has 1 N–H and O–H groups in total. The Labute approximate surface area is 243 Å². The van der Waals surface area contributed by atoms with Crippen LogP contribution in [0.15, 0.2) is 56.4 Å². The minimum atomic E-state index is -0.463. The van der Waals surface area contributed by atoms with Crippen molar-refractivity contribution in [2.75, 3.05) is 0 Å². The van der Waals surface area contributed by atoms with Gasteiger partial charge in [0.05, 0.1) is 0 Å². The second kappa shape index (κ2) is 9.40. The number of aryl methyl sites for hydroxylation is 2. The van der Waals surface area contributed by atoms with Gasteiger partial charge in [0.2, 0.25) is 0 Å². The van der Waals surface area contributed by atoms with E-state index >= 15 is 0 Å². The number of ether oxygens (including phenoxy) is 1. The molecule has 0 spiro atoms. The third-order valence-electron chi connectivity index (χ3n) is 8.77. The van der Waals surface area contributed by atoms with Crippen LogP contribution in [0.1, 0.15) is 71.8 Å². The summed E-state index contributed by atoms with van der Waals surface area (Å²) in [6, 6.07) is 7.58. The van der Waals surface area contributed by atoms with Gasteiger partial charge in [0, 0.05) is 61.9 Å². The summed E-state index contributed by atoms with van der Waals surface area (Å²) in [6.45, 7) is 10.7.